The van der Waals surface area contributed by atoms with E-state index < -0.39 is 0 Å². The molecule has 0 saturated heterocycles. The maximum atomic E-state index is 11.2. The Hall–Kier alpha value is -1.04. The summed E-state index contributed by atoms with van der Waals surface area (Å²) in [6, 6.07) is 0. The lowest BCUT2D eigenvalue weighted by Crippen LogP contribution is -2.19. The van der Waals surface area contributed by atoms with Crippen LogP contribution in [0, 0.1) is 0 Å². The number of nitrogens with zero attached hydrogens (tertiary/aromatic N) is 3. The van der Waals surface area contributed by atoms with Crippen LogP contribution in [0.15, 0.2) is 0 Å². The summed E-state index contributed by atoms with van der Waals surface area (Å²) in [7, 11) is 1.65. The minimum Gasteiger partial charge on any atom is -0.359 e. The van der Waals surface area contributed by atoms with Crippen molar-refractivity contribution >= 4 is 17.7 Å². The van der Waals surface area contributed by atoms with Crippen molar-refractivity contribution in [1.82, 2.24) is 20.1 Å². The highest BCUT2D eigenvalue weighted by molar-refractivity contribution is 7.98. The van der Waals surface area contributed by atoms with E-state index in [0.717, 1.165) is 30.4 Å². The van der Waals surface area contributed by atoms with Gasteiger partial charge in [-0.3, -0.25) is 9.48 Å². The fraction of sp³-hybridized carbons (Fsp3) is 0.727. The SMILES string of the molecule is CCn1nc(CCSC)nc1CCC(=O)NC. The molecule has 0 aromatic carbocycles. The summed E-state index contributed by atoms with van der Waals surface area (Å²) < 4.78 is 1.89. The Bertz CT molecular complexity index is 364. The first-order chi connectivity index (χ1) is 8.21. The molecule has 0 saturated carbocycles. The zero-order valence-electron chi connectivity index (χ0n) is 10.7. The number of carbonyl (C=O) groups excluding carboxylic acids is 1. The number of aromatic nitrogens is 3. The van der Waals surface area contributed by atoms with Crippen molar-refractivity contribution in [3.8, 4) is 0 Å². The van der Waals surface area contributed by atoms with Crippen molar-refractivity contribution < 1.29 is 4.79 Å². The van der Waals surface area contributed by atoms with E-state index in [4.69, 9.17) is 0 Å². The van der Waals surface area contributed by atoms with E-state index in [2.05, 4.69) is 21.7 Å². The number of rotatable bonds is 7. The van der Waals surface area contributed by atoms with Gasteiger partial charge in [0.2, 0.25) is 5.91 Å². The number of thioether (sulfide) groups is 1. The predicted octanol–water partition coefficient (Wildman–Crippen LogP) is 0.882. The molecule has 96 valence electrons. The highest BCUT2D eigenvalue weighted by atomic mass is 32.2. The highest BCUT2D eigenvalue weighted by Gasteiger charge is 2.10. The average Bonchev–Trinajstić information content (AvgIpc) is 2.75. The van der Waals surface area contributed by atoms with E-state index in [9.17, 15) is 4.79 Å². The van der Waals surface area contributed by atoms with Gasteiger partial charge in [0.05, 0.1) is 0 Å². The fourth-order valence-corrected chi connectivity index (χ4v) is 1.90. The molecule has 0 unspecified atom stereocenters. The van der Waals surface area contributed by atoms with E-state index in [1.807, 2.05) is 11.6 Å². The molecule has 0 fully saturated rings. The van der Waals surface area contributed by atoms with Crippen LogP contribution < -0.4 is 5.32 Å². The van der Waals surface area contributed by atoms with Gasteiger partial charge in [-0.2, -0.15) is 16.9 Å². The first-order valence-electron chi connectivity index (χ1n) is 5.83. The summed E-state index contributed by atoms with van der Waals surface area (Å²) in [5, 5.41) is 7.04. The summed E-state index contributed by atoms with van der Waals surface area (Å²) in [4.78, 5) is 15.7. The molecule has 1 rings (SSSR count). The average molecular weight is 256 g/mol. The predicted molar refractivity (Wildman–Crippen MR) is 70.2 cm³/mol. The Morgan fingerprint density at radius 2 is 2.24 bits per heavy atom. The van der Waals surface area contributed by atoms with E-state index in [1.54, 1.807) is 18.8 Å². The van der Waals surface area contributed by atoms with Crippen molar-refractivity contribution in [2.24, 2.45) is 0 Å². The molecule has 0 bridgehead atoms. The maximum absolute atomic E-state index is 11.2. The third-order valence-corrected chi connectivity index (χ3v) is 3.09. The van der Waals surface area contributed by atoms with Crippen LogP contribution in [0.3, 0.4) is 0 Å². The van der Waals surface area contributed by atoms with Crippen LogP contribution in [0.25, 0.3) is 0 Å². The van der Waals surface area contributed by atoms with Crippen LogP contribution in [0.5, 0.6) is 0 Å². The summed E-state index contributed by atoms with van der Waals surface area (Å²) >= 11 is 1.79. The lowest BCUT2D eigenvalue weighted by molar-refractivity contribution is -0.120. The van der Waals surface area contributed by atoms with E-state index in [0.29, 0.717) is 12.8 Å². The van der Waals surface area contributed by atoms with Crippen molar-refractivity contribution in [1.29, 1.82) is 0 Å². The van der Waals surface area contributed by atoms with Crippen LogP contribution in [-0.2, 0) is 24.2 Å². The zero-order chi connectivity index (χ0) is 12.7. The van der Waals surface area contributed by atoms with E-state index >= 15 is 0 Å². The van der Waals surface area contributed by atoms with Gasteiger partial charge in [0.1, 0.15) is 5.82 Å². The van der Waals surface area contributed by atoms with Crippen molar-refractivity contribution in [3.05, 3.63) is 11.6 Å². The van der Waals surface area contributed by atoms with Gasteiger partial charge in [-0.05, 0) is 13.2 Å². The van der Waals surface area contributed by atoms with Gasteiger partial charge in [0.15, 0.2) is 5.82 Å². The van der Waals surface area contributed by atoms with Gasteiger partial charge in [-0.25, -0.2) is 4.98 Å². The summed E-state index contributed by atoms with van der Waals surface area (Å²) in [5.74, 6) is 2.87. The first-order valence-corrected chi connectivity index (χ1v) is 7.22. The molecule has 0 radical (unpaired) electrons. The topological polar surface area (TPSA) is 59.8 Å². The molecule has 0 spiro atoms. The van der Waals surface area contributed by atoms with Gasteiger partial charge in [-0.15, -0.1) is 0 Å². The Labute approximate surface area is 106 Å². The monoisotopic (exact) mass is 256 g/mol. The second-order valence-electron chi connectivity index (χ2n) is 3.68. The molecule has 0 atom stereocenters. The number of hydrogen-bond donors (Lipinski definition) is 1. The minimum atomic E-state index is 0.0429. The number of carbonyl (C=O) groups is 1. The smallest absolute Gasteiger partial charge is 0.220 e. The van der Waals surface area contributed by atoms with Crippen LogP contribution >= 0.6 is 11.8 Å². The van der Waals surface area contributed by atoms with Crippen LogP contribution in [-0.4, -0.2) is 39.7 Å². The Morgan fingerprint density at radius 1 is 1.47 bits per heavy atom. The van der Waals surface area contributed by atoms with Gasteiger partial charge < -0.3 is 5.32 Å². The number of hydrogen-bond acceptors (Lipinski definition) is 4. The van der Waals surface area contributed by atoms with Crippen molar-refractivity contribution in [3.63, 3.8) is 0 Å². The minimum absolute atomic E-state index is 0.0429. The highest BCUT2D eigenvalue weighted by Crippen LogP contribution is 2.05. The van der Waals surface area contributed by atoms with Crippen LogP contribution in [0.4, 0.5) is 0 Å². The quantitative estimate of drug-likeness (QED) is 0.787. The van der Waals surface area contributed by atoms with Crippen molar-refractivity contribution in [2.75, 3.05) is 19.1 Å². The second kappa shape index (κ2) is 7.32. The first kappa shape index (κ1) is 14.0. The van der Waals surface area contributed by atoms with Crippen molar-refractivity contribution in [2.45, 2.75) is 32.7 Å². The molecule has 0 aliphatic carbocycles. The Balaban J connectivity index is 2.62. The van der Waals surface area contributed by atoms with Gasteiger partial charge >= 0.3 is 0 Å². The molecule has 6 heteroatoms. The Morgan fingerprint density at radius 3 is 2.82 bits per heavy atom. The molecule has 1 aromatic heterocycles. The molecule has 1 heterocycles. The molecular weight excluding hydrogens is 236 g/mol. The third kappa shape index (κ3) is 4.38. The molecule has 1 N–H and O–H groups in total. The Kier molecular flexibility index (Phi) is 6.04. The van der Waals surface area contributed by atoms with E-state index in [1.165, 1.54) is 0 Å². The van der Waals surface area contributed by atoms with Gasteiger partial charge in [-0.1, -0.05) is 0 Å². The number of amides is 1. The standard InChI is InChI=1S/C11H20N4OS/c1-4-15-10(5-6-11(16)12-2)13-9(14-15)7-8-17-3/h4-8H2,1-3H3,(H,12,16). The fourth-order valence-electron chi connectivity index (χ4n) is 1.51. The second-order valence-corrected chi connectivity index (χ2v) is 4.66. The van der Waals surface area contributed by atoms with Gasteiger partial charge in [0, 0.05) is 38.6 Å². The van der Waals surface area contributed by atoms with E-state index in [-0.39, 0.29) is 5.91 Å². The third-order valence-electron chi connectivity index (χ3n) is 2.48. The summed E-state index contributed by atoms with van der Waals surface area (Å²) in [6.07, 6.45) is 4.08. The molecular formula is C11H20N4OS. The largest absolute Gasteiger partial charge is 0.359 e. The lowest BCUT2D eigenvalue weighted by Gasteiger charge is -2.01. The molecule has 0 aliphatic heterocycles. The summed E-state index contributed by atoms with van der Waals surface area (Å²) in [6.45, 7) is 2.84. The summed E-state index contributed by atoms with van der Waals surface area (Å²) in [5.41, 5.74) is 0. The number of nitrogens with one attached hydrogen (secondary N) is 1. The molecule has 17 heavy (non-hydrogen) atoms. The van der Waals surface area contributed by atoms with Crippen LogP contribution in [0.2, 0.25) is 0 Å². The zero-order valence-corrected chi connectivity index (χ0v) is 11.5. The lowest BCUT2D eigenvalue weighted by atomic mass is 10.3. The van der Waals surface area contributed by atoms with Crippen LogP contribution in [0.1, 0.15) is 25.0 Å². The molecule has 1 aromatic rings. The maximum Gasteiger partial charge on any atom is 0.220 e. The normalized spacial score (nSPS) is 10.5. The molecule has 5 nitrogen and oxygen atoms in total. The van der Waals surface area contributed by atoms with Gasteiger partial charge in [0.25, 0.3) is 0 Å². The number of aryl methyl sites for hydroxylation is 3. The molecule has 1 amide bonds. The molecule has 0 aliphatic rings.